The molecule has 0 atom stereocenters. The van der Waals surface area contributed by atoms with E-state index in [2.05, 4.69) is 38.2 Å². The molecule has 0 amide bonds. The first-order valence-electron chi connectivity index (χ1n) is 7.42. The van der Waals surface area contributed by atoms with Crippen LogP contribution in [0.2, 0.25) is 5.02 Å². The Labute approximate surface area is 135 Å². The van der Waals surface area contributed by atoms with Crippen molar-refractivity contribution in [3.63, 3.8) is 0 Å². The molecule has 5 heteroatoms. The van der Waals surface area contributed by atoms with E-state index in [9.17, 15) is 0 Å². The van der Waals surface area contributed by atoms with Crippen LogP contribution in [0, 0.1) is 0 Å². The Morgan fingerprint density at radius 1 is 1.40 bits per heavy atom. The summed E-state index contributed by atoms with van der Waals surface area (Å²) in [5.74, 6) is 0.773. The number of nitrogens with one attached hydrogen (secondary N) is 1. The molecular formula is C15H23BrClN3. The quantitative estimate of drug-likeness (QED) is 0.754. The van der Waals surface area contributed by atoms with Gasteiger partial charge >= 0.3 is 0 Å². The van der Waals surface area contributed by atoms with E-state index in [1.807, 2.05) is 6.07 Å². The SMILES string of the molecule is CN(CCCNc1ncc(Br)cc1Cl)C1CCCCC1. The predicted octanol–water partition coefficient (Wildman–Crippen LogP) is 4.56. The molecule has 0 aliphatic heterocycles. The Morgan fingerprint density at radius 3 is 2.85 bits per heavy atom. The molecule has 3 nitrogen and oxygen atoms in total. The highest BCUT2D eigenvalue weighted by molar-refractivity contribution is 9.10. The fourth-order valence-corrected chi connectivity index (χ4v) is 3.48. The van der Waals surface area contributed by atoms with E-state index in [-0.39, 0.29) is 0 Å². The molecule has 2 rings (SSSR count). The first kappa shape index (κ1) is 16.1. The van der Waals surface area contributed by atoms with Gasteiger partial charge < -0.3 is 10.2 Å². The zero-order chi connectivity index (χ0) is 14.4. The summed E-state index contributed by atoms with van der Waals surface area (Å²) in [6.07, 6.45) is 9.81. The number of pyridine rings is 1. The summed E-state index contributed by atoms with van der Waals surface area (Å²) in [7, 11) is 2.25. The third kappa shape index (κ3) is 4.90. The maximum absolute atomic E-state index is 6.13. The smallest absolute Gasteiger partial charge is 0.144 e. The third-order valence-corrected chi connectivity index (χ3v) is 4.71. The number of rotatable bonds is 6. The summed E-state index contributed by atoms with van der Waals surface area (Å²) in [6, 6.07) is 2.66. The van der Waals surface area contributed by atoms with Crippen molar-refractivity contribution in [3.05, 3.63) is 21.8 Å². The number of hydrogen-bond donors (Lipinski definition) is 1. The standard InChI is InChI=1S/C15H23BrClN3/c1-20(13-6-3-2-4-7-13)9-5-8-18-15-14(17)10-12(16)11-19-15/h10-11,13H,2-9H2,1H3,(H,18,19). The third-order valence-electron chi connectivity index (χ3n) is 3.99. The molecule has 20 heavy (non-hydrogen) atoms. The second-order valence-electron chi connectivity index (χ2n) is 5.54. The Balaban J connectivity index is 1.68. The molecule has 0 spiro atoms. The van der Waals surface area contributed by atoms with Crippen molar-refractivity contribution < 1.29 is 0 Å². The number of anilines is 1. The van der Waals surface area contributed by atoms with E-state index < -0.39 is 0 Å². The minimum absolute atomic E-state index is 0.667. The van der Waals surface area contributed by atoms with Gasteiger partial charge in [0.05, 0.1) is 5.02 Å². The summed E-state index contributed by atoms with van der Waals surface area (Å²) in [4.78, 5) is 6.79. The lowest BCUT2D eigenvalue weighted by atomic mass is 9.94. The fraction of sp³-hybridized carbons (Fsp3) is 0.667. The summed E-state index contributed by atoms with van der Waals surface area (Å²) < 4.78 is 0.907. The van der Waals surface area contributed by atoms with Gasteiger partial charge in [-0.3, -0.25) is 0 Å². The van der Waals surface area contributed by atoms with Crippen LogP contribution >= 0.6 is 27.5 Å². The predicted molar refractivity (Wildman–Crippen MR) is 89.6 cm³/mol. The van der Waals surface area contributed by atoms with E-state index in [4.69, 9.17) is 11.6 Å². The first-order valence-corrected chi connectivity index (χ1v) is 8.59. The summed E-state index contributed by atoms with van der Waals surface area (Å²) in [6.45, 7) is 2.04. The molecule has 0 bridgehead atoms. The van der Waals surface area contributed by atoms with Gasteiger partial charge in [-0.1, -0.05) is 30.9 Å². The largest absolute Gasteiger partial charge is 0.369 e. The molecule has 1 heterocycles. The monoisotopic (exact) mass is 359 g/mol. The molecule has 1 aliphatic carbocycles. The van der Waals surface area contributed by atoms with E-state index in [1.54, 1.807) is 6.20 Å². The van der Waals surface area contributed by atoms with Gasteiger partial charge in [-0.2, -0.15) is 0 Å². The molecule has 1 fully saturated rings. The van der Waals surface area contributed by atoms with Gasteiger partial charge in [0.1, 0.15) is 5.82 Å². The Hall–Kier alpha value is -0.320. The van der Waals surface area contributed by atoms with Crippen LogP contribution < -0.4 is 5.32 Å². The molecule has 0 unspecified atom stereocenters. The van der Waals surface area contributed by atoms with Crippen molar-refractivity contribution >= 4 is 33.3 Å². The summed E-state index contributed by atoms with van der Waals surface area (Å²) in [5, 5.41) is 3.97. The van der Waals surface area contributed by atoms with Crippen molar-refractivity contribution in [2.75, 3.05) is 25.5 Å². The molecule has 1 aromatic rings. The number of aromatic nitrogens is 1. The van der Waals surface area contributed by atoms with Crippen LogP contribution in [-0.4, -0.2) is 36.1 Å². The van der Waals surface area contributed by atoms with Gasteiger partial charge in [0.2, 0.25) is 0 Å². The molecule has 1 aromatic heterocycles. The van der Waals surface area contributed by atoms with E-state index in [1.165, 1.54) is 32.1 Å². The summed E-state index contributed by atoms with van der Waals surface area (Å²) >= 11 is 9.49. The van der Waals surface area contributed by atoms with Gasteiger partial charge in [0.25, 0.3) is 0 Å². The highest BCUT2D eigenvalue weighted by atomic mass is 79.9. The van der Waals surface area contributed by atoms with Gasteiger partial charge in [0, 0.05) is 23.3 Å². The lowest BCUT2D eigenvalue weighted by Gasteiger charge is -2.31. The van der Waals surface area contributed by atoms with Gasteiger partial charge in [-0.25, -0.2) is 4.98 Å². The van der Waals surface area contributed by atoms with Crippen molar-refractivity contribution in [1.29, 1.82) is 0 Å². The lowest BCUT2D eigenvalue weighted by Crippen LogP contribution is -2.34. The van der Waals surface area contributed by atoms with E-state index in [0.717, 1.165) is 35.8 Å². The Morgan fingerprint density at radius 2 is 2.15 bits per heavy atom. The van der Waals surface area contributed by atoms with Crippen LogP contribution in [0.25, 0.3) is 0 Å². The number of halogens is 2. The maximum atomic E-state index is 6.13. The first-order chi connectivity index (χ1) is 9.66. The van der Waals surface area contributed by atoms with Crippen molar-refractivity contribution in [2.24, 2.45) is 0 Å². The molecule has 1 N–H and O–H groups in total. The normalized spacial score (nSPS) is 16.6. The van der Waals surface area contributed by atoms with Gasteiger partial charge in [-0.05, 0) is 54.9 Å². The molecule has 1 aliphatic rings. The van der Waals surface area contributed by atoms with Crippen LogP contribution in [0.15, 0.2) is 16.7 Å². The molecular weight excluding hydrogens is 338 g/mol. The lowest BCUT2D eigenvalue weighted by molar-refractivity contribution is 0.191. The minimum Gasteiger partial charge on any atom is -0.369 e. The van der Waals surface area contributed by atoms with Crippen molar-refractivity contribution in [3.8, 4) is 0 Å². The van der Waals surface area contributed by atoms with E-state index >= 15 is 0 Å². The molecule has 1 saturated carbocycles. The Kier molecular flexibility index (Phi) is 6.59. The zero-order valence-electron chi connectivity index (χ0n) is 12.0. The highest BCUT2D eigenvalue weighted by Crippen LogP contribution is 2.23. The summed E-state index contributed by atoms with van der Waals surface area (Å²) in [5.41, 5.74) is 0. The average Bonchev–Trinajstić information content (AvgIpc) is 2.46. The van der Waals surface area contributed by atoms with E-state index in [0.29, 0.717) is 5.02 Å². The topological polar surface area (TPSA) is 28.2 Å². The van der Waals surface area contributed by atoms with Gasteiger partial charge in [-0.15, -0.1) is 0 Å². The molecule has 0 saturated heterocycles. The second-order valence-corrected chi connectivity index (χ2v) is 6.86. The minimum atomic E-state index is 0.667. The van der Waals surface area contributed by atoms with Crippen molar-refractivity contribution in [2.45, 2.75) is 44.6 Å². The van der Waals surface area contributed by atoms with Crippen LogP contribution in [0.3, 0.4) is 0 Å². The molecule has 0 radical (unpaired) electrons. The zero-order valence-corrected chi connectivity index (χ0v) is 14.4. The fourth-order valence-electron chi connectivity index (χ4n) is 2.78. The molecule has 112 valence electrons. The van der Waals surface area contributed by atoms with Crippen LogP contribution in [0.5, 0.6) is 0 Å². The van der Waals surface area contributed by atoms with Crippen LogP contribution in [0.4, 0.5) is 5.82 Å². The molecule has 0 aromatic carbocycles. The van der Waals surface area contributed by atoms with Crippen LogP contribution in [0.1, 0.15) is 38.5 Å². The average molecular weight is 361 g/mol. The Bertz CT molecular complexity index is 422. The second kappa shape index (κ2) is 8.20. The maximum Gasteiger partial charge on any atom is 0.144 e. The van der Waals surface area contributed by atoms with Crippen molar-refractivity contribution in [1.82, 2.24) is 9.88 Å². The van der Waals surface area contributed by atoms with Gasteiger partial charge in [0.15, 0.2) is 0 Å². The highest BCUT2D eigenvalue weighted by Gasteiger charge is 2.17. The number of hydrogen-bond acceptors (Lipinski definition) is 3. The number of nitrogens with zero attached hydrogens (tertiary/aromatic N) is 2. The van der Waals surface area contributed by atoms with Crippen LogP contribution in [-0.2, 0) is 0 Å².